The molecular weight excluding hydrogens is 356 g/mol. The Hall–Kier alpha value is -2.16. The van der Waals surface area contributed by atoms with Gasteiger partial charge in [-0.25, -0.2) is 0 Å². The molecule has 0 amide bonds. The van der Waals surface area contributed by atoms with Gasteiger partial charge in [-0.15, -0.1) is 11.3 Å². The Morgan fingerprint density at radius 1 is 1.11 bits per heavy atom. The van der Waals surface area contributed by atoms with Gasteiger partial charge in [-0.05, 0) is 25.0 Å². The van der Waals surface area contributed by atoms with E-state index in [-0.39, 0.29) is 12.4 Å². The lowest BCUT2D eigenvalue weighted by Crippen LogP contribution is -2.37. The Balaban J connectivity index is 1.55. The summed E-state index contributed by atoms with van der Waals surface area (Å²) in [4.78, 5) is 1.19. The lowest BCUT2D eigenvalue weighted by molar-refractivity contribution is -0.211. The molecule has 138 valence electrons. The van der Waals surface area contributed by atoms with Crippen LogP contribution in [-0.4, -0.2) is 30.2 Å². The number of aliphatic hydroxyl groups excluding tert-OH is 1. The van der Waals surface area contributed by atoms with Crippen LogP contribution < -0.4 is 0 Å². The summed E-state index contributed by atoms with van der Waals surface area (Å²) in [6, 6.07) is 18.7. The van der Waals surface area contributed by atoms with Crippen LogP contribution in [0.3, 0.4) is 0 Å². The Kier molecular flexibility index (Phi) is 5.56. The smallest absolute Gasteiger partial charge is 0.159 e. The molecule has 0 unspecified atom stereocenters. The van der Waals surface area contributed by atoms with E-state index in [0.29, 0.717) is 19.4 Å². The molecule has 0 aliphatic carbocycles. The quantitative estimate of drug-likeness (QED) is 0.664. The van der Waals surface area contributed by atoms with Crippen LogP contribution in [0, 0.1) is 11.8 Å². The first-order valence-electron chi connectivity index (χ1n) is 9.23. The zero-order valence-electron chi connectivity index (χ0n) is 15.2. The van der Waals surface area contributed by atoms with Crippen LogP contribution >= 0.6 is 11.3 Å². The number of rotatable bonds is 3. The Labute approximate surface area is 163 Å². The summed E-state index contributed by atoms with van der Waals surface area (Å²) < 4.78 is 12.7. The van der Waals surface area contributed by atoms with Crippen molar-refractivity contribution in [3.63, 3.8) is 0 Å². The lowest BCUT2D eigenvalue weighted by Gasteiger charge is -2.31. The third kappa shape index (κ3) is 4.07. The van der Waals surface area contributed by atoms with Crippen LogP contribution in [0.15, 0.2) is 54.6 Å². The fourth-order valence-corrected chi connectivity index (χ4v) is 4.45. The number of ether oxygens (including phenoxy) is 2. The Morgan fingerprint density at radius 2 is 1.89 bits per heavy atom. The molecule has 27 heavy (non-hydrogen) atoms. The van der Waals surface area contributed by atoms with Gasteiger partial charge in [0.05, 0.1) is 22.6 Å². The standard InChI is InChI=1S/C23H22O3S/c1-16-20(24)13-14-22(26-16)25-15-7-11-19-18-10-5-6-12-21(18)27-23(19)17-8-3-2-4-9-17/h2-6,8-10,12,16,20,22,24H,13-15H2,1H3/t16-,20+,22-/m0/s1. The molecule has 1 saturated heterocycles. The zero-order valence-corrected chi connectivity index (χ0v) is 16.0. The highest BCUT2D eigenvalue weighted by atomic mass is 32.1. The van der Waals surface area contributed by atoms with Gasteiger partial charge in [0.15, 0.2) is 6.29 Å². The van der Waals surface area contributed by atoms with Gasteiger partial charge in [-0.2, -0.15) is 0 Å². The molecule has 1 aliphatic rings. The van der Waals surface area contributed by atoms with Crippen molar-refractivity contribution in [1.82, 2.24) is 0 Å². The number of fused-ring (bicyclic) bond motifs is 1. The second kappa shape index (κ2) is 8.24. The molecule has 4 heteroatoms. The predicted molar refractivity (Wildman–Crippen MR) is 110 cm³/mol. The van der Waals surface area contributed by atoms with Gasteiger partial charge in [-0.1, -0.05) is 60.4 Å². The highest BCUT2D eigenvalue weighted by Crippen LogP contribution is 2.37. The first kappa shape index (κ1) is 18.2. The molecule has 1 aliphatic heterocycles. The molecule has 1 aromatic heterocycles. The molecule has 3 nitrogen and oxygen atoms in total. The molecule has 1 N–H and O–H groups in total. The molecule has 3 aromatic rings. The van der Waals surface area contributed by atoms with E-state index in [1.807, 2.05) is 19.1 Å². The van der Waals surface area contributed by atoms with Crippen LogP contribution in [-0.2, 0) is 9.47 Å². The van der Waals surface area contributed by atoms with Crippen molar-refractivity contribution in [2.45, 2.75) is 38.3 Å². The van der Waals surface area contributed by atoms with Crippen molar-refractivity contribution in [1.29, 1.82) is 0 Å². The topological polar surface area (TPSA) is 38.7 Å². The first-order chi connectivity index (χ1) is 13.2. The average Bonchev–Trinajstić information content (AvgIpc) is 3.07. The predicted octanol–water partition coefficient (Wildman–Crippen LogP) is 4.82. The van der Waals surface area contributed by atoms with E-state index >= 15 is 0 Å². The van der Waals surface area contributed by atoms with Gasteiger partial charge in [-0.3, -0.25) is 0 Å². The van der Waals surface area contributed by atoms with Gasteiger partial charge in [0.1, 0.15) is 6.61 Å². The van der Waals surface area contributed by atoms with E-state index in [9.17, 15) is 5.11 Å². The van der Waals surface area contributed by atoms with Crippen molar-refractivity contribution in [3.8, 4) is 22.3 Å². The van der Waals surface area contributed by atoms with E-state index in [1.165, 1.54) is 20.5 Å². The summed E-state index contributed by atoms with van der Waals surface area (Å²) in [6.45, 7) is 2.18. The van der Waals surface area contributed by atoms with E-state index < -0.39 is 6.10 Å². The molecule has 2 heterocycles. The number of benzene rings is 2. The zero-order chi connectivity index (χ0) is 18.6. The fraction of sp³-hybridized carbons (Fsp3) is 0.304. The van der Waals surface area contributed by atoms with E-state index in [2.05, 4.69) is 54.3 Å². The van der Waals surface area contributed by atoms with Crippen molar-refractivity contribution < 1.29 is 14.6 Å². The average molecular weight is 378 g/mol. The summed E-state index contributed by atoms with van der Waals surface area (Å²) >= 11 is 1.77. The second-order valence-electron chi connectivity index (χ2n) is 6.70. The van der Waals surface area contributed by atoms with Crippen LogP contribution in [0.25, 0.3) is 20.5 Å². The minimum atomic E-state index is -0.401. The summed E-state index contributed by atoms with van der Waals surface area (Å²) in [5, 5.41) is 10.9. The van der Waals surface area contributed by atoms with Gasteiger partial charge >= 0.3 is 0 Å². The molecule has 0 saturated carbocycles. The van der Waals surface area contributed by atoms with Crippen molar-refractivity contribution >= 4 is 21.4 Å². The summed E-state index contributed by atoms with van der Waals surface area (Å²) in [5.41, 5.74) is 2.24. The van der Waals surface area contributed by atoms with Gasteiger partial charge in [0.25, 0.3) is 0 Å². The third-order valence-electron chi connectivity index (χ3n) is 4.79. The second-order valence-corrected chi connectivity index (χ2v) is 7.75. The molecule has 4 rings (SSSR count). The fourth-order valence-electron chi connectivity index (χ4n) is 3.28. The van der Waals surface area contributed by atoms with E-state index in [0.717, 1.165) is 5.56 Å². The highest BCUT2D eigenvalue weighted by Gasteiger charge is 2.26. The third-order valence-corrected chi connectivity index (χ3v) is 6.01. The molecule has 0 spiro atoms. The van der Waals surface area contributed by atoms with Gasteiger partial charge in [0.2, 0.25) is 0 Å². The van der Waals surface area contributed by atoms with Crippen molar-refractivity contribution in [2.75, 3.05) is 6.61 Å². The normalized spacial score (nSPS) is 22.4. The van der Waals surface area contributed by atoms with Crippen LogP contribution in [0.2, 0.25) is 0 Å². The minimum Gasteiger partial charge on any atom is -0.390 e. The summed E-state index contributed by atoms with van der Waals surface area (Å²) in [5.74, 6) is 6.48. The number of thiophene rings is 1. The van der Waals surface area contributed by atoms with Crippen LogP contribution in [0.5, 0.6) is 0 Å². The van der Waals surface area contributed by atoms with Gasteiger partial charge < -0.3 is 14.6 Å². The molecule has 2 aromatic carbocycles. The highest BCUT2D eigenvalue weighted by molar-refractivity contribution is 7.22. The van der Waals surface area contributed by atoms with E-state index in [4.69, 9.17) is 9.47 Å². The van der Waals surface area contributed by atoms with Crippen molar-refractivity contribution in [2.24, 2.45) is 0 Å². The van der Waals surface area contributed by atoms with Crippen molar-refractivity contribution in [3.05, 3.63) is 60.2 Å². The maximum atomic E-state index is 9.72. The minimum absolute atomic E-state index is 0.192. The largest absolute Gasteiger partial charge is 0.390 e. The Bertz CT molecular complexity index is 967. The number of aliphatic hydroxyl groups is 1. The number of hydrogen-bond donors (Lipinski definition) is 1. The van der Waals surface area contributed by atoms with Gasteiger partial charge in [0, 0.05) is 16.5 Å². The molecule has 0 bridgehead atoms. The Morgan fingerprint density at radius 3 is 2.70 bits per heavy atom. The lowest BCUT2D eigenvalue weighted by atomic mass is 10.1. The summed E-state index contributed by atoms with van der Waals surface area (Å²) in [6.07, 6.45) is 0.519. The molecule has 0 radical (unpaired) electrons. The maximum Gasteiger partial charge on any atom is 0.159 e. The van der Waals surface area contributed by atoms with Crippen LogP contribution in [0.4, 0.5) is 0 Å². The first-order valence-corrected chi connectivity index (χ1v) is 10.0. The van der Waals surface area contributed by atoms with Crippen LogP contribution in [0.1, 0.15) is 25.3 Å². The SMILES string of the molecule is C[C@@H]1O[C@H](OCC#Cc2c(-c3ccccc3)sc3ccccc23)CC[C@H]1O. The molecule has 1 fully saturated rings. The monoisotopic (exact) mass is 378 g/mol. The van der Waals surface area contributed by atoms with E-state index in [1.54, 1.807) is 11.3 Å². The number of hydrogen-bond acceptors (Lipinski definition) is 4. The maximum absolute atomic E-state index is 9.72. The molecule has 3 atom stereocenters. The summed E-state index contributed by atoms with van der Waals surface area (Å²) in [7, 11) is 0. The molecular formula is C23H22O3S.